The van der Waals surface area contributed by atoms with Gasteiger partial charge in [-0.3, -0.25) is 10.1 Å². The molecule has 34 heavy (non-hydrogen) atoms. The number of likely N-dealkylation sites (tertiary alicyclic amines) is 1. The number of hydrogen-bond acceptors (Lipinski definition) is 5. The van der Waals surface area contributed by atoms with Gasteiger partial charge in [0, 0.05) is 36.4 Å². The summed E-state index contributed by atoms with van der Waals surface area (Å²) in [6.07, 6.45) is 1.30. The second kappa shape index (κ2) is 14.1. The van der Waals surface area contributed by atoms with Gasteiger partial charge in [0.1, 0.15) is 0 Å². The Morgan fingerprint density at radius 2 is 1.85 bits per heavy atom. The maximum atomic E-state index is 12.1. The van der Waals surface area contributed by atoms with Gasteiger partial charge >= 0.3 is 12.1 Å². The molecule has 10 heteroatoms. The number of halogens is 1. The molecule has 0 bridgehead atoms. The Morgan fingerprint density at radius 1 is 1.15 bits per heavy atom. The number of carbonyl (C=O) groups excluding carboxylic acids is 3. The first kappa shape index (κ1) is 26.9. The summed E-state index contributed by atoms with van der Waals surface area (Å²) < 4.78 is 4.46. The van der Waals surface area contributed by atoms with Crippen LogP contribution in [0.1, 0.15) is 24.5 Å². The quantitative estimate of drug-likeness (QED) is 0.496. The van der Waals surface area contributed by atoms with Crippen molar-refractivity contribution in [3.05, 3.63) is 64.7 Å². The lowest BCUT2D eigenvalue weighted by atomic mass is 10.1. The van der Waals surface area contributed by atoms with Crippen LogP contribution in [0.4, 0.5) is 15.3 Å². The largest absolute Gasteiger partial charge is 0.453 e. The molecule has 0 radical (unpaired) electrons. The number of nitrogens with zero attached hydrogens (tertiary/aromatic N) is 1. The number of nitrogens with two attached hydrogens (primary N) is 1. The molecule has 184 valence electrons. The first-order valence-electron chi connectivity index (χ1n) is 11.1. The van der Waals surface area contributed by atoms with E-state index in [1.807, 2.05) is 42.5 Å². The fraction of sp³-hybridized carbons (Fsp3) is 0.375. The monoisotopic (exact) mass is 489 g/mol. The predicted molar refractivity (Wildman–Crippen MR) is 133 cm³/mol. The van der Waals surface area contributed by atoms with Crippen molar-refractivity contribution in [2.75, 3.05) is 32.1 Å². The Kier molecular flexibility index (Phi) is 11.2. The van der Waals surface area contributed by atoms with Gasteiger partial charge in [0.2, 0.25) is 5.91 Å². The van der Waals surface area contributed by atoms with E-state index in [9.17, 15) is 14.4 Å². The fourth-order valence-corrected chi connectivity index (χ4v) is 3.47. The number of amides is 4. The number of ether oxygens (including phenoxy) is 1. The summed E-state index contributed by atoms with van der Waals surface area (Å²) in [6.45, 7) is 3.55. The van der Waals surface area contributed by atoms with Gasteiger partial charge in [-0.2, -0.15) is 0 Å². The Morgan fingerprint density at radius 3 is 2.47 bits per heavy atom. The first-order valence-corrected chi connectivity index (χ1v) is 11.4. The SMILES string of the molecule is CCc1ccc(NC(=O)OC)cc1.NCC(=O)NC1CCN(C(=O)NCc2ccccc2Cl)C1. The minimum absolute atomic E-state index is 0.0212. The molecule has 1 saturated heterocycles. The average molecular weight is 490 g/mol. The lowest BCUT2D eigenvalue weighted by Crippen LogP contribution is -2.43. The molecule has 2 aromatic rings. The van der Waals surface area contributed by atoms with Crippen LogP contribution in [0.5, 0.6) is 0 Å². The summed E-state index contributed by atoms with van der Waals surface area (Å²) >= 11 is 6.04. The minimum atomic E-state index is -0.441. The van der Waals surface area contributed by atoms with Gasteiger partial charge in [0.15, 0.2) is 0 Å². The number of nitrogens with one attached hydrogen (secondary N) is 3. The van der Waals surface area contributed by atoms with Gasteiger partial charge in [-0.05, 0) is 42.2 Å². The van der Waals surface area contributed by atoms with Crippen LogP contribution >= 0.6 is 11.6 Å². The average Bonchev–Trinajstić information content (AvgIpc) is 3.32. The zero-order valence-corrected chi connectivity index (χ0v) is 20.2. The van der Waals surface area contributed by atoms with Crippen LogP contribution in [0.25, 0.3) is 0 Å². The third-order valence-electron chi connectivity index (χ3n) is 5.21. The van der Waals surface area contributed by atoms with Crippen molar-refractivity contribution >= 4 is 35.3 Å². The molecule has 1 heterocycles. The van der Waals surface area contributed by atoms with E-state index in [1.54, 1.807) is 11.0 Å². The summed E-state index contributed by atoms with van der Waals surface area (Å²) in [7, 11) is 1.34. The van der Waals surface area contributed by atoms with Crippen molar-refractivity contribution in [3.8, 4) is 0 Å². The Bertz CT molecular complexity index is 955. The van der Waals surface area contributed by atoms with E-state index >= 15 is 0 Å². The summed E-state index contributed by atoms with van der Waals surface area (Å²) in [5.41, 5.74) is 8.13. The fourth-order valence-electron chi connectivity index (χ4n) is 3.27. The summed E-state index contributed by atoms with van der Waals surface area (Å²) in [5, 5.41) is 8.84. The minimum Gasteiger partial charge on any atom is -0.453 e. The lowest BCUT2D eigenvalue weighted by molar-refractivity contribution is -0.120. The lowest BCUT2D eigenvalue weighted by Gasteiger charge is -2.18. The molecule has 1 atom stereocenters. The Hall–Kier alpha value is -3.30. The number of hydrogen-bond donors (Lipinski definition) is 4. The van der Waals surface area contributed by atoms with Gasteiger partial charge < -0.3 is 26.0 Å². The van der Waals surface area contributed by atoms with Crippen molar-refractivity contribution in [1.29, 1.82) is 0 Å². The van der Waals surface area contributed by atoms with E-state index < -0.39 is 6.09 Å². The van der Waals surface area contributed by atoms with E-state index in [0.29, 0.717) is 24.7 Å². The highest BCUT2D eigenvalue weighted by Crippen LogP contribution is 2.15. The summed E-state index contributed by atoms with van der Waals surface area (Å²) in [4.78, 5) is 35.8. The van der Waals surface area contributed by atoms with Crippen molar-refractivity contribution in [3.63, 3.8) is 0 Å². The topological polar surface area (TPSA) is 126 Å². The molecular weight excluding hydrogens is 458 g/mol. The molecule has 0 aromatic heterocycles. The molecule has 1 unspecified atom stereocenters. The number of anilines is 1. The zero-order valence-electron chi connectivity index (χ0n) is 19.5. The molecule has 0 aliphatic carbocycles. The van der Waals surface area contributed by atoms with Gasteiger partial charge in [-0.15, -0.1) is 0 Å². The van der Waals surface area contributed by atoms with Crippen LogP contribution in [-0.4, -0.2) is 55.7 Å². The van der Waals surface area contributed by atoms with E-state index in [1.165, 1.54) is 12.7 Å². The highest BCUT2D eigenvalue weighted by molar-refractivity contribution is 6.31. The maximum absolute atomic E-state index is 12.1. The molecule has 1 fully saturated rings. The van der Waals surface area contributed by atoms with Crippen molar-refractivity contribution in [2.24, 2.45) is 5.73 Å². The summed E-state index contributed by atoms with van der Waals surface area (Å²) in [6, 6.07) is 14.9. The van der Waals surface area contributed by atoms with Crippen LogP contribution in [0.15, 0.2) is 48.5 Å². The third-order valence-corrected chi connectivity index (χ3v) is 5.58. The molecule has 2 aromatic carbocycles. The number of methoxy groups -OCH3 is 1. The molecule has 1 aliphatic rings. The Balaban J connectivity index is 0.000000270. The molecule has 4 amide bonds. The second-order valence-corrected chi connectivity index (χ2v) is 8.03. The molecule has 5 N–H and O–H groups in total. The van der Waals surface area contributed by atoms with Gasteiger partial charge in [-0.1, -0.05) is 48.9 Å². The van der Waals surface area contributed by atoms with E-state index in [4.69, 9.17) is 17.3 Å². The molecule has 9 nitrogen and oxygen atoms in total. The Labute approximate surface area is 205 Å². The zero-order chi connectivity index (χ0) is 24.9. The van der Waals surface area contributed by atoms with Crippen LogP contribution in [0, 0.1) is 0 Å². The number of rotatable bonds is 6. The van der Waals surface area contributed by atoms with Crippen LogP contribution in [-0.2, 0) is 22.5 Å². The molecular formula is C24H32ClN5O4. The molecule has 0 saturated carbocycles. The highest BCUT2D eigenvalue weighted by Gasteiger charge is 2.26. The second-order valence-electron chi connectivity index (χ2n) is 7.62. The van der Waals surface area contributed by atoms with Crippen LogP contribution in [0.2, 0.25) is 5.02 Å². The number of aryl methyl sites for hydroxylation is 1. The normalized spacial score (nSPS) is 14.5. The number of urea groups is 1. The molecule has 1 aliphatic heterocycles. The van der Waals surface area contributed by atoms with Crippen LogP contribution < -0.4 is 21.7 Å². The van der Waals surface area contributed by atoms with E-state index in [-0.39, 0.29) is 24.5 Å². The smallest absolute Gasteiger partial charge is 0.411 e. The highest BCUT2D eigenvalue weighted by atomic mass is 35.5. The standard InChI is InChI=1S/C14H19ClN4O2.C10H13NO2/c15-12-4-2-1-3-10(12)8-17-14(21)19-6-5-11(9-19)18-13(20)7-16;1-3-8-4-6-9(7-5-8)11-10(12)13-2/h1-4,11H,5-9,16H2,(H,17,21)(H,18,20);4-7H,3H2,1-2H3,(H,11,12). The predicted octanol–water partition coefficient (Wildman–Crippen LogP) is 3.13. The number of carbonyl (C=O) groups is 3. The van der Waals surface area contributed by atoms with Gasteiger partial charge in [-0.25, -0.2) is 9.59 Å². The molecule has 3 rings (SSSR count). The third kappa shape index (κ3) is 8.92. The van der Waals surface area contributed by atoms with Gasteiger partial charge in [0.25, 0.3) is 0 Å². The number of benzene rings is 2. The van der Waals surface area contributed by atoms with Crippen molar-refractivity contribution in [1.82, 2.24) is 15.5 Å². The van der Waals surface area contributed by atoms with Crippen molar-refractivity contribution in [2.45, 2.75) is 32.4 Å². The summed E-state index contributed by atoms with van der Waals surface area (Å²) in [5.74, 6) is -0.196. The molecule has 0 spiro atoms. The van der Waals surface area contributed by atoms with E-state index in [0.717, 1.165) is 24.1 Å². The van der Waals surface area contributed by atoms with Crippen LogP contribution in [0.3, 0.4) is 0 Å². The van der Waals surface area contributed by atoms with Gasteiger partial charge in [0.05, 0.1) is 13.7 Å². The maximum Gasteiger partial charge on any atom is 0.411 e. The first-order chi connectivity index (χ1) is 16.4. The van der Waals surface area contributed by atoms with Crippen molar-refractivity contribution < 1.29 is 19.1 Å². The van der Waals surface area contributed by atoms with E-state index in [2.05, 4.69) is 27.6 Å².